The first-order chi connectivity index (χ1) is 9.17. The summed E-state index contributed by atoms with van der Waals surface area (Å²) in [7, 11) is 0. The summed E-state index contributed by atoms with van der Waals surface area (Å²) in [6.45, 7) is 4.51. The van der Waals surface area contributed by atoms with E-state index in [0.29, 0.717) is 17.1 Å². The van der Waals surface area contributed by atoms with E-state index in [9.17, 15) is 4.79 Å². The number of halogens is 1. The summed E-state index contributed by atoms with van der Waals surface area (Å²) in [4.78, 5) is 11.9. The molecule has 0 aliphatic rings. The lowest BCUT2D eigenvalue weighted by Crippen LogP contribution is -2.23. The molecule has 0 bridgehead atoms. The lowest BCUT2D eigenvalue weighted by Gasteiger charge is -2.08. The Morgan fingerprint density at radius 3 is 2.58 bits per heavy atom. The first-order valence-electron chi connectivity index (χ1n) is 6.28. The SMILES string of the molecule is CCNC(=O)c1cnn(-c2ccc(Cl)cc2)c1CC. The van der Waals surface area contributed by atoms with Gasteiger partial charge in [0.05, 0.1) is 23.1 Å². The summed E-state index contributed by atoms with van der Waals surface area (Å²) < 4.78 is 1.78. The molecule has 100 valence electrons. The van der Waals surface area contributed by atoms with E-state index in [0.717, 1.165) is 17.8 Å². The Morgan fingerprint density at radius 1 is 1.32 bits per heavy atom. The fraction of sp³-hybridized carbons (Fsp3) is 0.286. The molecule has 4 nitrogen and oxygen atoms in total. The minimum atomic E-state index is -0.0837. The van der Waals surface area contributed by atoms with Crippen LogP contribution in [-0.2, 0) is 6.42 Å². The highest BCUT2D eigenvalue weighted by atomic mass is 35.5. The van der Waals surface area contributed by atoms with Crippen LogP contribution in [0.2, 0.25) is 5.02 Å². The van der Waals surface area contributed by atoms with E-state index >= 15 is 0 Å². The maximum absolute atomic E-state index is 11.9. The molecule has 5 heteroatoms. The largest absolute Gasteiger partial charge is 0.352 e. The molecule has 0 fully saturated rings. The zero-order chi connectivity index (χ0) is 13.8. The van der Waals surface area contributed by atoms with Crippen LogP contribution in [0.15, 0.2) is 30.5 Å². The van der Waals surface area contributed by atoms with Crippen LogP contribution in [0.25, 0.3) is 5.69 Å². The Kier molecular flexibility index (Phi) is 4.22. The van der Waals surface area contributed by atoms with Crippen LogP contribution in [-0.4, -0.2) is 22.2 Å². The van der Waals surface area contributed by atoms with Crippen molar-refractivity contribution in [2.24, 2.45) is 0 Å². The van der Waals surface area contributed by atoms with Gasteiger partial charge in [0.15, 0.2) is 0 Å². The Bertz CT molecular complexity index is 575. The third-order valence-corrected chi connectivity index (χ3v) is 3.11. The van der Waals surface area contributed by atoms with Gasteiger partial charge in [0, 0.05) is 11.6 Å². The second kappa shape index (κ2) is 5.89. The molecule has 1 N–H and O–H groups in total. The second-order valence-electron chi connectivity index (χ2n) is 4.11. The summed E-state index contributed by atoms with van der Waals surface area (Å²) >= 11 is 5.88. The molecule has 0 aliphatic heterocycles. The van der Waals surface area contributed by atoms with Crippen molar-refractivity contribution in [2.45, 2.75) is 20.3 Å². The normalized spacial score (nSPS) is 10.5. The summed E-state index contributed by atoms with van der Waals surface area (Å²) in [6.07, 6.45) is 2.34. The average molecular weight is 278 g/mol. The van der Waals surface area contributed by atoms with Crippen molar-refractivity contribution < 1.29 is 4.79 Å². The molecule has 0 atom stereocenters. The monoisotopic (exact) mass is 277 g/mol. The molecule has 1 aromatic heterocycles. The fourth-order valence-corrected chi connectivity index (χ4v) is 2.09. The van der Waals surface area contributed by atoms with E-state index in [1.54, 1.807) is 10.9 Å². The smallest absolute Gasteiger partial charge is 0.254 e. The van der Waals surface area contributed by atoms with E-state index in [4.69, 9.17) is 11.6 Å². The molecule has 0 radical (unpaired) electrons. The van der Waals surface area contributed by atoms with Crippen LogP contribution >= 0.6 is 11.6 Å². The quantitative estimate of drug-likeness (QED) is 0.934. The molecular weight excluding hydrogens is 262 g/mol. The van der Waals surface area contributed by atoms with Gasteiger partial charge in [-0.15, -0.1) is 0 Å². The maximum Gasteiger partial charge on any atom is 0.254 e. The summed E-state index contributed by atoms with van der Waals surface area (Å²) in [5.74, 6) is -0.0837. The standard InChI is InChI=1S/C14H16ClN3O/c1-3-13-12(14(19)16-4-2)9-17-18(13)11-7-5-10(15)6-8-11/h5-9H,3-4H2,1-2H3,(H,16,19). The molecular formula is C14H16ClN3O. The summed E-state index contributed by atoms with van der Waals surface area (Å²) in [6, 6.07) is 7.39. The zero-order valence-corrected chi connectivity index (χ0v) is 11.7. The average Bonchev–Trinajstić information content (AvgIpc) is 2.83. The highest BCUT2D eigenvalue weighted by Crippen LogP contribution is 2.18. The number of nitrogens with zero attached hydrogens (tertiary/aromatic N) is 2. The molecule has 2 aromatic rings. The molecule has 0 saturated heterocycles. The Balaban J connectivity index is 2.42. The van der Waals surface area contributed by atoms with E-state index in [1.165, 1.54) is 0 Å². The zero-order valence-electron chi connectivity index (χ0n) is 11.0. The Hall–Kier alpha value is -1.81. The van der Waals surface area contributed by atoms with Crippen LogP contribution in [0.3, 0.4) is 0 Å². The minimum absolute atomic E-state index is 0.0837. The predicted molar refractivity (Wildman–Crippen MR) is 76.0 cm³/mol. The molecule has 0 spiro atoms. The van der Waals surface area contributed by atoms with Gasteiger partial charge in [-0.1, -0.05) is 18.5 Å². The highest BCUT2D eigenvalue weighted by molar-refractivity contribution is 6.30. The number of hydrogen-bond donors (Lipinski definition) is 1. The molecule has 19 heavy (non-hydrogen) atoms. The van der Waals surface area contributed by atoms with Crippen molar-refractivity contribution in [1.29, 1.82) is 0 Å². The molecule has 0 unspecified atom stereocenters. The van der Waals surface area contributed by atoms with Crippen LogP contribution in [0.4, 0.5) is 0 Å². The van der Waals surface area contributed by atoms with Gasteiger partial charge >= 0.3 is 0 Å². The third-order valence-electron chi connectivity index (χ3n) is 2.86. The van der Waals surface area contributed by atoms with Crippen molar-refractivity contribution >= 4 is 17.5 Å². The molecule has 1 amide bonds. The third kappa shape index (κ3) is 2.79. The lowest BCUT2D eigenvalue weighted by molar-refractivity contribution is 0.0955. The Morgan fingerprint density at radius 2 is 2.00 bits per heavy atom. The highest BCUT2D eigenvalue weighted by Gasteiger charge is 2.16. The number of hydrogen-bond acceptors (Lipinski definition) is 2. The first-order valence-corrected chi connectivity index (χ1v) is 6.66. The molecule has 2 rings (SSSR count). The number of carbonyl (C=O) groups excluding carboxylic acids is 1. The minimum Gasteiger partial charge on any atom is -0.352 e. The maximum atomic E-state index is 11.9. The van der Waals surface area contributed by atoms with Crippen LogP contribution < -0.4 is 5.32 Å². The van der Waals surface area contributed by atoms with Gasteiger partial charge in [-0.25, -0.2) is 4.68 Å². The van der Waals surface area contributed by atoms with Crippen molar-refractivity contribution in [1.82, 2.24) is 15.1 Å². The van der Waals surface area contributed by atoms with Gasteiger partial charge in [-0.2, -0.15) is 5.10 Å². The molecule has 0 aliphatic carbocycles. The van der Waals surface area contributed by atoms with Crippen molar-refractivity contribution in [2.75, 3.05) is 6.54 Å². The van der Waals surface area contributed by atoms with Gasteiger partial charge in [-0.05, 0) is 37.6 Å². The van der Waals surface area contributed by atoms with Gasteiger partial charge < -0.3 is 5.32 Å². The second-order valence-corrected chi connectivity index (χ2v) is 4.54. The number of carbonyl (C=O) groups is 1. The van der Waals surface area contributed by atoms with Crippen molar-refractivity contribution in [3.05, 3.63) is 46.7 Å². The van der Waals surface area contributed by atoms with Crippen molar-refractivity contribution in [3.63, 3.8) is 0 Å². The number of amides is 1. The number of benzene rings is 1. The number of nitrogens with one attached hydrogen (secondary N) is 1. The van der Waals surface area contributed by atoms with Crippen LogP contribution in [0.1, 0.15) is 29.9 Å². The first kappa shape index (κ1) is 13.6. The fourth-order valence-electron chi connectivity index (χ4n) is 1.96. The van der Waals surface area contributed by atoms with Gasteiger partial charge in [0.25, 0.3) is 5.91 Å². The number of aromatic nitrogens is 2. The van der Waals surface area contributed by atoms with Gasteiger partial charge in [0.2, 0.25) is 0 Å². The lowest BCUT2D eigenvalue weighted by atomic mass is 10.2. The molecule has 0 saturated carbocycles. The van der Waals surface area contributed by atoms with Crippen LogP contribution in [0, 0.1) is 0 Å². The molecule has 1 heterocycles. The topological polar surface area (TPSA) is 46.9 Å². The van der Waals surface area contributed by atoms with E-state index in [2.05, 4.69) is 10.4 Å². The van der Waals surface area contributed by atoms with Gasteiger partial charge in [0.1, 0.15) is 0 Å². The summed E-state index contributed by atoms with van der Waals surface area (Å²) in [5, 5.41) is 7.78. The van der Waals surface area contributed by atoms with E-state index in [-0.39, 0.29) is 5.91 Å². The van der Waals surface area contributed by atoms with Crippen molar-refractivity contribution in [3.8, 4) is 5.69 Å². The van der Waals surface area contributed by atoms with Gasteiger partial charge in [-0.3, -0.25) is 4.79 Å². The summed E-state index contributed by atoms with van der Waals surface area (Å²) in [5.41, 5.74) is 2.42. The van der Waals surface area contributed by atoms with E-state index < -0.39 is 0 Å². The molecule has 1 aromatic carbocycles. The van der Waals surface area contributed by atoms with Crippen LogP contribution in [0.5, 0.6) is 0 Å². The Labute approximate surface area is 117 Å². The predicted octanol–water partition coefficient (Wildman–Crippen LogP) is 2.84. The number of rotatable bonds is 4. The van der Waals surface area contributed by atoms with E-state index in [1.807, 2.05) is 38.1 Å².